The number of benzene rings is 1. The third-order valence-corrected chi connectivity index (χ3v) is 1.72. The first-order valence-corrected chi connectivity index (χ1v) is 4.25. The number of hydrogen-bond acceptors (Lipinski definition) is 2. The van der Waals surface area contributed by atoms with Crippen molar-refractivity contribution in [1.82, 2.24) is 0 Å². The summed E-state index contributed by atoms with van der Waals surface area (Å²) in [6, 6.07) is 4.73. The van der Waals surface area contributed by atoms with E-state index in [0.717, 1.165) is 0 Å². The zero-order valence-corrected chi connectivity index (χ0v) is 8.23. The molecule has 0 saturated heterocycles. The smallest absolute Gasteiger partial charge is 0.177 e. The van der Waals surface area contributed by atoms with Crippen LogP contribution in [0.1, 0.15) is 6.92 Å². The Kier molecular flexibility index (Phi) is 3.81. The minimum Gasteiger partial charge on any atom is -0.492 e. The molecule has 74 valence electrons. The molecule has 2 nitrogen and oxygen atoms in total. The molecule has 0 atom stereocenters. The van der Waals surface area contributed by atoms with Crippen LogP contribution in [0.2, 0.25) is 0 Å². The van der Waals surface area contributed by atoms with Crippen molar-refractivity contribution in [2.45, 2.75) is 6.92 Å². The van der Waals surface area contributed by atoms with Crippen molar-refractivity contribution in [3.8, 4) is 17.6 Å². The minimum atomic E-state index is -0.373. The Morgan fingerprint density at radius 3 is 2.93 bits per heavy atom. The summed E-state index contributed by atoms with van der Waals surface area (Å²) in [6.07, 6.45) is 0. The molecule has 14 heavy (non-hydrogen) atoms. The van der Waals surface area contributed by atoms with Gasteiger partial charge in [0.05, 0.1) is 19.3 Å². The lowest BCUT2D eigenvalue weighted by Crippen LogP contribution is -2.02. The number of halogens is 1. The molecule has 0 aromatic heterocycles. The second-order valence-corrected chi connectivity index (χ2v) is 2.60. The molecule has 0 aliphatic heterocycles. The molecule has 0 aliphatic rings. The summed E-state index contributed by atoms with van der Waals surface area (Å²) in [5, 5.41) is 2.97. The minimum absolute atomic E-state index is 0.227. The number of rotatable bonds is 3. The Balaban J connectivity index is 2.83. The zero-order valence-electron chi connectivity index (χ0n) is 8.23. The Labute approximate surface area is 83.1 Å². The van der Waals surface area contributed by atoms with Gasteiger partial charge in [-0.2, -0.15) is 0 Å². The number of hydrogen-bond donors (Lipinski definition) is 1. The summed E-state index contributed by atoms with van der Waals surface area (Å²) in [7, 11) is 1.44. The molecule has 1 aromatic carbocycles. The summed E-state index contributed by atoms with van der Waals surface area (Å²) < 4.78 is 18.1. The Hall–Kier alpha value is -1.69. The van der Waals surface area contributed by atoms with Crippen LogP contribution in [0.4, 0.5) is 10.1 Å². The van der Waals surface area contributed by atoms with Gasteiger partial charge >= 0.3 is 0 Å². The van der Waals surface area contributed by atoms with Crippen molar-refractivity contribution in [3.05, 3.63) is 24.0 Å². The summed E-state index contributed by atoms with van der Waals surface area (Å²) in [4.78, 5) is 0. The van der Waals surface area contributed by atoms with E-state index in [2.05, 4.69) is 17.2 Å². The van der Waals surface area contributed by atoms with Gasteiger partial charge < -0.3 is 10.1 Å². The van der Waals surface area contributed by atoms with E-state index in [9.17, 15) is 4.39 Å². The third-order valence-electron chi connectivity index (χ3n) is 1.72. The van der Waals surface area contributed by atoms with Crippen LogP contribution in [0.3, 0.4) is 0 Å². The monoisotopic (exact) mass is 193 g/mol. The lowest BCUT2D eigenvalue weighted by Gasteiger charge is -2.09. The normalized spacial score (nSPS) is 8.79. The first-order valence-electron chi connectivity index (χ1n) is 4.25. The largest absolute Gasteiger partial charge is 0.492 e. The van der Waals surface area contributed by atoms with E-state index in [-0.39, 0.29) is 11.6 Å². The van der Waals surface area contributed by atoms with Crippen LogP contribution < -0.4 is 10.1 Å². The molecule has 0 heterocycles. The van der Waals surface area contributed by atoms with E-state index in [1.54, 1.807) is 19.1 Å². The first kappa shape index (κ1) is 10.4. The average Bonchev–Trinajstić information content (AvgIpc) is 2.18. The van der Waals surface area contributed by atoms with Gasteiger partial charge in [-0.15, -0.1) is 5.92 Å². The van der Waals surface area contributed by atoms with Gasteiger partial charge in [0.1, 0.15) is 0 Å². The van der Waals surface area contributed by atoms with Gasteiger partial charge in [0.2, 0.25) is 0 Å². The fraction of sp³-hybridized carbons (Fsp3) is 0.273. The van der Waals surface area contributed by atoms with E-state index >= 15 is 0 Å². The number of methoxy groups -OCH3 is 1. The lowest BCUT2D eigenvalue weighted by molar-refractivity contribution is 0.388. The number of ether oxygens (including phenoxy) is 1. The molecule has 1 rings (SSSR count). The van der Waals surface area contributed by atoms with Crippen molar-refractivity contribution >= 4 is 5.69 Å². The molecule has 1 aromatic rings. The van der Waals surface area contributed by atoms with E-state index in [4.69, 9.17) is 4.74 Å². The SMILES string of the molecule is CC#CCNc1cccc(F)c1OC. The summed E-state index contributed by atoms with van der Waals surface area (Å²) in [6.45, 7) is 2.24. The van der Waals surface area contributed by atoms with Gasteiger partial charge in [0.25, 0.3) is 0 Å². The van der Waals surface area contributed by atoms with E-state index < -0.39 is 0 Å². The van der Waals surface area contributed by atoms with E-state index in [0.29, 0.717) is 12.2 Å². The molecule has 0 amide bonds. The molecule has 0 bridgehead atoms. The number of anilines is 1. The van der Waals surface area contributed by atoms with Gasteiger partial charge in [-0.25, -0.2) is 4.39 Å². The van der Waals surface area contributed by atoms with Gasteiger partial charge in [-0.1, -0.05) is 12.0 Å². The van der Waals surface area contributed by atoms with Crippen LogP contribution in [0.5, 0.6) is 5.75 Å². The van der Waals surface area contributed by atoms with Crippen LogP contribution in [-0.2, 0) is 0 Å². The van der Waals surface area contributed by atoms with Crippen LogP contribution in [-0.4, -0.2) is 13.7 Å². The third kappa shape index (κ3) is 2.40. The summed E-state index contributed by atoms with van der Waals surface area (Å²) in [5.74, 6) is 5.43. The van der Waals surface area contributed by atoms with Crippen molar-refractivity contribution in [3.63, 3.8) is 0 Å². The van der Waals surface area contributed by atoms with Crippen LogP contribution in [0.15, 0.2) is 18.2 Å². The average molecular weight is 193 g/mol. The van der Waals surface area contributed by atoms with E-state index in [1.165, 1.54) is 13.2 Å². The zero-order chi connectivity index (χ0) is 10.4. The fourth-order valence-corrected chi connectivity index (χ4v) is 1.08. The van der Waals surface area contributed by atoms with Crippen LogP contribution in [0.25, 0.3) is 0 Å². The lowest BCUT2D eigenvalue weighted by atomic mass is 10.3. The van der Waals surface area contributed by atoms with E-state index in [1.807, 2.05) is 0 Å². The molecule has 0 saturated carbocycles. The summed E-state index contributed by atoms with van der Waals surface area (Å²) in [5.41, 5.74) is 0.621. The topological polar surface area (TPSA) is 21.3 Å². The molecule has 0 fully saturated rings. The number of nitrogens with one attached hydrogen (secondary N) is 1. The van der Waals surface area contributed by atoms with Gasteiger partial charge in [0, 0.05) is 0 Å². The van der Waals surface area contributed by atoms with Crippen molar-refractivity contribution in [1.29, 1.82) is 0 Å². The number of para-hydroxylation sites is 1. The Morgan fingerprint density at radius 1 is 1.50 bits per heavy atom. The van der Waals surface area contributed by atoms with Crippen LogP contribution >= 0.6 is 0 Å². The second kappa shape index (κ2) is 5.13. The maximum atomic E-state index is 13.2. The highest BCUT2D eigenvalue weighted by Gasteiger charge is 2.06. The van der Waals surface area contributed by atoms with Crippen molar-refractivity contribution in [2.75, 3.05) is 19.0 Å². The first-order chi connectivity index (χ1) is 6.79. The quantitative estimate of drug-likeness (QED) is 0.743. The maximum Gasteiger partial charge on any atom is 0.177 e. The second-order valence-electron chi connectivity index (χ2n) is 2.60. The molecule has 3 heteroatoms. The fourth-order valence-electron chi connectivity index (χ4n) is 1.08. The standard InChI is InChI=1S/C11H12FNO/c1-3-4-8-13-10-7-5-6-9(12)11(10)14-2/h5-7,13H,8H2,1-2H3. The molecular formula is C11H12FNO. The molecule has 1 N–H and O–H groups in total. The predicted molar refractivity (Wildman–Crippen MR) is 54.9 cm³/mol. The van der Waals surface area contributed by atoms with Crippen molar-refractivity contribution < 1.29 is 9.13 Å². The van der Waals surface area contributed by atoms with Gasteiger partial charge in [-0.3, -0.25) is 0 Å². The highest BCUT2D eigenvalue weighted by Crippen LogP contribution is 2.26. The molecule has 0 aliphatic carbocycles. The molecule has 0 spiro atoms. The Morgan fingerprint density at radius 2 is 2.29 bits per heavy atom. The van der Waals surface area contributed by atoms with Crippen LogP contribution in [0, 0.1) is 17.7 Å². The van der Waals surface area contributed by atoms with Gasteiger partial charge in [0.15, 0.2) is 11.6 Å². The molecular weight excluding hydrogens is 181 g/mol. The summed E-state index contributed by atoms with van der Waals surface area (Å²) >= 11 is 0. The van der Waals surface area contributed by atoms with Gasteiger partial charge in [-0.05, 0) is 19.1 Å². The van der Waals surface area contributed by atoms with Crippen molar-refractivity contribution in [2.24, 2.45) is 0 Å². The highest BCUT2D eigenvalue weighted by atomic mass is 19.1. The Bertz CT molecular complexity index is 365. The molecule has 0 radical (unpaired) electrons. The maximum absolute atomic E-state index is 13.2. The predicted octanol–water partition coefficient (Wildman–Crippen LogP) is 2.27. The molecule has 0 unspecified atom stereocenters. The highest BCUT2D eigenvalue weighted by molar-refractivity contribution is 5.57.